The Morgan fingerprint density at radius 1 is 1.38 bits per heavy atom. The van der Waals surface area contributed by atoms with Gasteiger partial charge in [0.25, 0.3) is 0 Å². The number of carbonyl (C=O) groups excluding carboxylic acids is 1. The summed E-state index contributed by atoms with van der Waals surface area (Å²) >= 11 is 0. The Balaban J connectivity index is 3.80. The number of hydrogen-bond donors (Lipinski definition) is 3. The van der Waals surface area contributed by atoms with E-state index in [1.807, 2.05) is 19.9 Å². The highest BCUT2D eigenvalue weighted by Gasteiger charge is 2.16. The Morgan fingerprint density at radius 2 is 2.00 bits per heavy atom. The number of ether oxygens (including phenoxy) is 1. The van der Waals surface area contributed by atoms with Gasteiger partial charge in [0.2, 0.25) is 0 Å². The van der Waals surface area contributed by atoms with Crippen molar-refractivity contribution in [2.75, 3.05) is 20.2 Å². The summed E-state index contributed by atoms with van der Waals surface area (Å²) in [7, 11) is 1.28. The van der Waals surface area contributed by atoms with Crippen LogP contribution in [0.5, 0.6) is 0 Å². The molecule has 0 spiro atoms. The molecule has 0 radical (unpaired) electrons. The highest BCUT2D eigenvalue weighted by atomic mass is 16.5. The van der Waals surface area contributed by atoms with Gasteiger partial charge in [-0.2, -0.15) is 0 Å². The Kier molecular flexibility index (Phi) is 6.95. The summed E-state index contributed by atoms with van der Waals surface area (Å²) in [4.78, 5) is 21.7. The number of rotatable bonds is 6. The third-order valence-electron chi connectivity index (χ3n) is 1.78. The summed E-state index contributed by atoms with van der Waals surface area (Å²) in [6, 6.07) is -0.416. The maximum absolute atomic E-state index is 11.2. The molecule has 1 atom stereocenters. The number of amides is 2. The lowest BCUT2D eigenvalue weighted by Gasteiger charge is -2.11. The molecular weight excluding hydrogens is 212 g/mol. The van der Waals surface area contributed by atoms with Crippen LogP contribution < -0.4 is 10.6 Å². The predicted octanol–water partition coefficient (Wildman–Crippen LogP) is 0.351. The summed E-state index contributed by atoms with van der Waals surface area (Å²) < 4.78 is 4.65. The van der Waals surface area contributed by atoms with Crippen LogP contribution in [0, 0.1) is 0 Å². The van der Waals surface area contributed by atoms with Gasteiger partial charge in [0, 0.05) is 13.7 Å². The topological polar surface area (TPSA) is 87.7 Å². The molecule has 6 heteroatoms. The van der Waals surface area contributed by atoms with Crippen molar-refractivity contribution in [2.24, 2.45) is 0 Å². The smallest absolute Gasteiger partial charge is 0.334 e. The van der Waals surface area contributed by atoms with E-state index in [4.69, 9.17) is 5.11 Å². The molecule has 0 rings (SSSR count). The largest absolute Gasteiger partial charge is 0.479 e. The molecule has 6 nitrogen and oxygen atoms in total. The van der Waals surface area contributed by atoms with Crippen LogP contribution in [0.1, 0.15) is 13.8 Å². The molecule has 0 saturated heterocycles. The number of aliphatic carboxylic acids is 1. The fourth-order valence-corrected chi connectivity index (χ4v) is 0.867. The standard InChI is InChI=1S/C10H18N2O4/c1-7(2)4-5-11-10(15)12-6-8(16-3)9(13)14/h4,8H,5-6H2,1-3H3,(H,13,14)(H2,11,12,15). The predicted molar refractivity (Wildman–Crippen MR) is 59.3 cm³/mol. The molecule has 0 fully saturated rings. The van der Waals surface area contributed by atoms with Gasteiger partial charge >= 0.3 is 12.0 Å². The molecule has 0 aliphatic heterocycles. The van der Waals surface area contributed by atoms with Gasteiger partial charge < -0.3 is 20.5 Å². The van der Waals surface area contributed by atoms with Crippen LogP contribution in [0.2, 0.25) is 0 Å². The van der Waals surface area contributed by atoms with Crippen LogP contribution in [0.15, 0.2) is 11.6 Å². The zero-order valence-electron chi connectivity index (χ0n) is 9.74. The summed E-state index contributed by atoms with van der Waals surface area (Å²) in [5.74, 6) is -1.10. The van der Waals surface area contributed by atoms with Crippen molar-refractivity contribution in [2.45, 2.75) is 20.0 Å². The fraction of sp³-hybridized carbons (Fsp3) is 0.600. The number of nitrogens with one attached hydrogen (secondary N) is 2. The van der Waals surface area contributed by atoms with Crippen molar-refractivity contribution in [1.82, 2.24) is 10.6 Å². The maximum Gasteiger partial charge on any atom is 0.334 e. The first kappa shape index (κ1) is 14.4. The number of carbonyl (C=O) groups is 2. The van der Waals surface area contributed by atoms with Gasteiger partial charge in [-0.25, -0.2) is 9.59 Å². The number of carboxylic acids is 1. The van der Waals surface area contributed by atoms with Crippen molar-refractivity contribution in [3.63, 3.8) is 0 Å². The molecule has 0 aliphatic rings. The molecule has 0 aromatic rings. The Morgan fingerprint density at radius 3 is 2.44 bits per heavy atom. The zero-order valence-corrected chi connectivity index (χ0v) is 9.74. The highest BCUT2D eigenvalue weighted by molar-refractivity contribution is 5.76. The number of hydrogen-bond acceptors (Lipinski definition) is 3. The van der Waals surface area contributed by atoms with Crippen molar-refractivity contribution in [1.29, 1.82) is 0 Å². The minimum atomic E-state index is -1.10. The number of allylic oxidation sites excluding steroid dienone is 1. The molecule has 0 saturated carbocycles. The summed E-state index contributed by atoms with van der Waals surface area (Å²) in [6.07, 6.45) is 0.833. The molecule has 0 aliphatic carbocycles. The van der Waals surface area contributed by atoms with Crippen molar-refractivity contribution < 1.29 is 19.4 Å². The van der Waals surface area contributed by atoms with E-state index in [1.54, 1.807) is 0 Å². The van der Waals surface area contributed by atoms with Crippen LogP contribution in [-0.4, -0.2) is 43.4 Å². The zero-order chi connectivity index (χ0) is 12.6. The van der Waals surface area contributed by atoms with Gasteiger partial charge in [0.05, 0.1) is 6.54 Å². The summed E-state index contributed by atoms with van der Waals surface area (Å²) in [5.41, 5.74) is 1.10. The summed E-state index contributed by atoms with van der Waals surface area (Å²) in [5, 5.41) is 13.6. The van der Waals surface area contributed by atoms with Gasteiger partial charge in [0.15, 0.2) is 6.10 Å². The first-order valence-corrected chi connectivity index (χ1v) is 4.88. The maximum atomic E-state index is 11.2. The first-order chi connectivity index (χ1) is 7.47. The first-order valence-electron chi connectivity index (χ1n) is 4.88. The average molecular weight is 230 g/mol. The Labute approximate surface area is 94.7 Å². The number of carboxylic acid groups (broad SMARTS) is 1. The number of urea groups is 1. The van der Waals surface area contributed by atoms with E-state index in [0.29, 0.717) is 6.54 Å². The molecule has 0 heterocycles. The second kappa shape index (κ2) is 7.70. The molecule has 92 valence electrons. The molecule has 3 N–H and O–H groups in total. The van der Waals surface area contributed by atoms with E-state index in [9.17, 15) is 9.59 Å². The van der Waals surface area contributed by atoms with Crippen LogP contribution in [-0.2, 0) is 9.53 Å². The summed E-state index contributed by atoms with van der Waals surface area (Å²) in [6.45, 7) is 4.20. The second-order valence-corrected chi connectivity index (χ2v) is 3.43. The molecule has 0 aromatic carbocycles. The Hall–Kier alpha value is -1.56. The van der Waals surface area contributed by atoms with Crippen LogP contribution in [0.3, 0.4) is 0 Å². The van der Waals surface area contributed by atoms with Crippen LogP contribution >= 0.6 is 0 Å². The molecule has 0 bridgehead atoms. The molecule has 16 heavy (non-hydrogen) atoms. The normalized spacial score (nSPS) is 11.4. The monoisotopic (exact) mass is 230 g/mol. The van der Waals surface area contributed by atoms with Crippen molar-refractivity contribution >= 4 is 12.0 Å². The van der Waals surface area contributed by atoms with E-state index in [1.165, 1.54) is 7.11 Å². The molecule has 2 amide bonds. The minimum absolute atomic E-state index is 0.0630. The lowest BCUT2D eigenvalue weighted by Crippen LogP contribution is -2.42. The van der Waals surface area contributed by atoms with Gasteiger partial charge in [-0.15, -0.1) is 0 Å². The van der Waals surface area contributed by atoms with Gasteiger partial charge in [-0.05, 0) is 13.8 Å². The fourth-order valence-electron chi connectivity index (χ4n) is 0.867. The lowest BCUT2D eigenvalue weighted by atomic mass is 10.3. The van der Waals surface area contributed by atoms with Crippen molar-refractivity contribution in [3.8, 4) is 0 Å². The second-order valence-electron chi connectivity index (χ2n) is 3.43. The molecule has 1 unspecified atom stereocenters. The quantitative estimate of drug-likeness (QED) is 0.574. The molecule has 0 aromatic heterocycles. The van der Waals surface area contributed by atoms with E-state index in [2.05, 4.69) is 15.4 Å². The number of methoxy groups -OCH3 is 1. The van der Waals surface area contributed by atoms with E-state index >= 15 is 0 Å². The van der Waals surface area contributed by atoms with Gasteiger partial charge in [-0.3, -0.25) is 0 Å². The van der Waals surface area contributed by atoms with Crippen molar-refractivity contribution in [3.05, 3.63) is 11.6 Å². The van der Waals surface area contributed by atoms with Gasteiger partial charge in [0.1, 0.15) is 0 Å². The molecular formula is C10H18N2O4. The third-order valence-corrected chi connectivity index (χ3v) is 1.78. The van der Waals surface area contributed by atoms with E-state index < -0.39 is 18.1 Å². The average Bonchev–Trinajstić information content (AvgIpc) is 2.17. The Bertz CT molecular complexity index is 272. The van der Waals surface area contributed by atoms with Crippen LogP contribution in [0.25, 0.3) is 0 Å². The lowest BCUT2D eigenvalue weighted by molar-refractivity contribution is -0.147. The van der Waals surface area contributed by atoms with Crippen LogP contribution in [0.4, 0.5) is 4.79 Å². The van der Waals surface area contributed by atoms with E-state index in [0.717, 1.165) is 5.57 Å². The SMILES string of the molecule is COC(CNC(=O)NCC=C(C)C)C(=O)O. The van der Waals surface area contributed by atoms with Gasteiger partial charge in [-0.1, -0.05) is 11.6 Å². The third kappa shape index (κ3) is 6.83. The minimum Gasteiger partial charge on any atom is -0.479 e. The van der Waals surface area contributed by atoms with E-state index in [-0.39, 0.29) is 6.54 Å². The highest BCUT2D eigenvalue weighted by Crippen LogP contribution is 1.88.